The third-order valence-electron chi connectivity index (χ3n) is 2.95. The van der Waals surface area contributed by atoms with Crippen molar-refractivity contribution in [3.8, 4) is 0 Å². The van der Waals surface area contributed by atoms with Crippen molar-refractivity contribution in [1.29, 1.82) is 0 Å². The van der Waals surface area contributed by atoms with E-state index in [0.717, 1.165) is 5.76 Å². The van der Waals surface area contributed by atoms with Gasteiger partial charge >= 0.3 is 0 Å². The number of hydrogen-bond acceptors (Lipinski definition) is 5. The molecular formula is C14H15N3O4. The Hall–Kier alpha value is -2.83. The molecule has 7 nitrogen and oxygen atoms in total. The lowest BCUT2D eigenvalue weighted by Crippen LogP contribution is -2.23. The number of benzene rings is 1. The highest BCUT2D eigenvalue weighted by molar-refractivity contribution is 6.01. The van der Waals surface area contributed by atoms with Crippen LogP contribution in [0.25, 0.3) is 0 Å². The van der Waals surface area contributed by atoms with Gasteiger partial charge in [0.05, 0.1) is 17.0 Å². The van der Waals surface area contributed by atoms with Crippen molar-refractivity contribution in [3.63, 3.8) is 0 Å². The molecule has 0 unspecified atom stereocenters. The highest BCUT2D eigenvalue weighted by Crippen LogP contribution is 2.27. The van der Waals surface area contributed by atoms with Crippen molar-refractivity contribution >= 4 is 17.3 Å². The first-order chi connectivity index (χ1) is 10.0. The maximum atomic E-state index is 12.2. The van der Waals surface area contributed by atoms with Crippen molar-refractivity contribution in [1.82, 2.24) is 5.32 Å². The van der Waals surface area contributed by atoms with Gasteiger partial charge < -0.3 is 15.1 Å². The summed E-state index contributed by atoms with van der Waals surface area (Å²) in [6.45, 7) is 2.03. The monoisotopic (exact) mass is 289 g/mol. The van der Waals surface area contributed by atoms with E-state index in [4.69, 9.17) is 4.42 Å². The van der Waals surface area contributed by atoms with E-state index in [1.807, 2.05) is 6.92 Å². The third kappa shape index (κ3) is 3.19. The SMILES string of the molecule is CNc1c(C(=O)NCc2ccc(C)o2)cccc1[N+](=O)[O-]. The molecule has 2 N–H and O–H groups in total. The lowest BCUT2D eigenvalue weighted by atomic mass is 10.1. The van der Waals surface area contributed by atoms with Crippen molar-refractivity contribution in [3.05, 3.63) is 57.5 Å². The van der Waals surface area contributed by atoms with Crippen LogP contribution in [-0.2, 0) is 6.54 Å². The summed E-state index contributed by atoms with van der Waals surface area (Å²) in [4.78, 5) is 22.6. The summed E-state index contributed by atoms with van der Waals surface area (Å²) in [7, 11) is 1.54. The van der Waals surface area contributed by atoms with E-state index in [1.54, 1.807) is 12.1 Å². The number of amides is 1. The van der Waals surface area contributed by atoms with Gasteiger partial charge in [0, 0.05) is 13.1 Å². The van der Waals surface area contributed by atoms with E-state index in [2.05, 4.69) is 10.6 Å². The molecule has 0 saturated heterocycles. The molecule has 1 heterocycles. The molecule has 21 heavy (non-hydrogen) atoms. The predicted molar refractivity (Wildman–Crippen MR) is 77.3 cm³/mol. The molecule has 1 aromatic heterocycles. The van der Waals surface area contributed by atoms with Crippen molar-refractivity contribution in [2.45, 2.75) is 13.5 Å². The fourth-order valence-electron chi connectivity index (χ4n) is 1.99. The Morgan fingerprint density at radius 2 is 2.10 bits per heavy atom. The number of rotatable bonds is 5. The molecule has 0 aliphatic carbocycles. The molecule has 1 amide bonds. The predicted octanol–water partition coefficient (Wildman–Crippen LogP) is 2.47. The second-order valence-electron chi connectivity index (χ2n) is 4.40. The van der Waals surface area contributed by atoms with Gasteiger partial charge in [-0.05, 0) is 25.1 Å². The van der Waals surface area contributed by atoms with Crippen LogP contribution in [0.5, 0.6) is 0 Å². The van der Waals surface area contributed by atoms with Crippen LogP contribution < -0.4 is 10.6 Å². The zero-order chi connectivity index (χ0) is 15.4. The molecule has 0 fully saturated rings. The van der Waals surface area contributed by atoms with E-state index in [9.17, 15) is 14.9 Å². The summed E-state index contributed by atoms with van der Waals surface area (Å²) in [6, 6.07) is 7.92. The molecule has 0 spiro atoms. The Bertz CT molecular complexity index is 679. The average molecular weight is 289 g/mol. The minimum atomic E-state index is -0.529. The standard InChI is InChI=1S/C14H15N3O4/c1-9-6-7-10(21-9)8-16-14(18)11-4-3-5-12(17(19)20)13(11)15-2/h3-7,15H,8H2,1-2H3,(H,16,18). The number of anilines is 1. The van der Waals surface area contributed by atoms with Crippen LogP contribution in [0.1, 0.15) is 21.9 Å². The molecule has 0 aliphatic heterocycles. The Morgan fingerprint density at radius 3 is 2.67 bits per heavy atom. The van der Waals surface area contributed by atoms with Crippen LogP contribution >= 0.6 is 0 Å². The van der Waals surface area contributed by atoms with Crippen LogP contribution in [-0.4, -0.2) is 17.9 Å². The smallest absolute Gasteiger partial charge is 0.293 e. The summed E-state index contributed by atoms with van der Waals surface area (Å²) < 4.78 is 5.35. The summed E-state index contributed by atoms with van der Waals surface area (Å²) in [6.07, 6.45) is 0. The molecule has 0 bridgehead atoms. The zero-order valence-corrected chi connectivity index (χ0v) is 11.7. The summed E-state index contributed by atoms with van der Waals surface area (Å²) in [5.41, 5.74) is 0.268. The number of furan rings is 1. The minimum Gasteiger partial charge on any atom is -0.465 e. The highest BCUT2D eigenvalue weighted by atomic mass is 16.6. The van der Waals surface area contributed by atoms with E-state index in [0.29, 0.717) is 5.76 Å². The third-order valence-corrected chi connectivity index (χ3v) is 2.95. The molecule has 1 aromatic carbocycles. The number of carbonyl (C=O) groups is 1. The fraction of sp³-hybridized carbons (Fsp3) is 0.214. The summed E-state index contributed by atoms with van der Waals surface area (Å²) >= 11 is 0. The number of nitro groups is 1. The number of para-hydroxylation sites is 1. The fourth-order valence-corrected chi connectivity index (χ4v) is 1.99. The maximum Gasteiger partial charge on any atom is 0.293 e. The van der Waals surface area contributed by atoms with E-state index in [1.165, 1.54) is 25.2 Å². The van der Waals surface area contributed by atoms with E-state index < -0.39 is 10.8 Å². The normalized spacial score (nSPS) is 10.2. The summed E-state index contributed by atoms with van der Waals surface area (Å²) in [5.74, 6) is 0.972. The lowest BCUT2D eigenvalue weighted by Gasteiger charge is -2.09. The molecule has 0 saturated carbocycles. The van der Waals surface area contributed by atoms with Crippen LogP contribution in [0.3, 0.4) is 0 Å². The lowest BCUT2D eigenvalue weighted by molar-refractivity contribution is -0.384. The summed E-state index contributed by atoms with van der Waals surface area (Å²) in [5, 5.41) is 16.3. The Balaban J connectivity index is 2.19. The number of hydrogen-bond donors (Lipinski definition) is 2. The molecule has 7 heteroatoms. The molecule has 0 atom stereocenters. The first-order valence-electron chi connectivity index (χ1n) is 6.31. The van der Waals surface area contributed by atoms with Gasteiger partial charge in [0.1, 0.15) is 17.2 Å². The van der Waals surface area contributed by atoms with Crippen LogP contribution in [0.15, 0.2) is 34.7 Å². The van der Waals surface area contributed by atoms with E-state index in [-0.39, 0.29) is 23.5 Å². The van der Waals surface area contributed by atoms with Crippen LogP contribution in [0.2, 0.25) is 0 Å². The Labute approximate surface area is 121 Å². The van der Waals surface area contributed by atoms with Gasteiger partial charge in [-0.3, -0.25) is 14.9 Å². The number of carbonyl (C=O) groups excluding carboxylic acids is 1. The molecule has 2 rings (SSSR count). The molecule has 0 aliphatic rings. The molecule has 110 valence electrons. The van der Waals surface area contributed by atoms with Gasteiger partial charge in [-0.2, -0.15) is 0 Å². The first-order valence-corrected chi connectivity index (χ1v) is 6.31. The molecule has 0 radical (unpaired) electrons. The van der Waals surface area contributed by atoms with Gasteiger partial charge in [-0.25, -0.2) is 0 Å². The Kier molecular flexibility index (Phi) is 4.22. The number of nitrogens with zero attached hydrogens (tertiary/aromatic N) is 1. The first kappa shape index (κ1) is 14.6. The molecule has 2 aromatic rings. The molecular weight excluding hydrogens is 274 g/mol. The van der Waals surface area contributed by atoms with Crippen LogP contribution in [0.4, 0.5) is 11.4 Å². The van der Waals surface area contributed by atoms with Gasteiger partial charge in [0.15, 0.2) is 0 Å². The topological polar surface area (TPSA) is 97.4 Å². The number of nitrogens with one attached hydrogen (secondary N) is 2. The second kappa shape index (κ2) is 6.08. The minimum absolute atomic E-state index is 0.140. The highest BCUT2D eigenvalue weighted by Gasteiger charge is 2.20. The zero-order valence-electron chi connectivity index (χ0n) is 11.7. The van der Waals surface area contributed by atoms with Crippen molar-refractivity contribution in [2.75, 3.05) is 12.4 Å². The van der Waals surface area contributed by atoms with Crippen molar-refractivity contribution in [2.24, 2.45) is 0 Å². The van der Waals surface area contributed by atoms with Gasteiger partial charge in [-0.15, -0.1) is 0 Å². The van der Waals surface area contributed by atoms with E-state index >= 15 is 0 Å². The number of aryl methyl sites for hydroxylation is 1. The average Bonchev–Trinajstić information content (AvgIpc) is 2.89. The van der Waals surface area contributed by atoms with Crippen LogP contribution in [0, 0.1) is 17.0 Å². The van der Waals surface area contributed by atoms with Gasteiger partial charge in [0.25, 0.3) is 11.6 Å². The van der Waals surface area contributed by atoms with Crippen molar-refractivity contribution < 1.29 is 14.1 Å². The largest absolute Gasteiger partial charge is 0.465 e. The second-order valence-corrected chi connectivity index (χ2v) is 4.40. The Morgan fingerprint density at radius 1 is 1.33 bits per heavy atom. The van der Waals surface area contributed by atoms with Gasteiger partial charge in [0.2, 0.25) is 0 Å². The quantitative estimate of drug-likeness (QED) is 0.651. The van der Waals surface area contributed by atoms with Gasteiger partial charge in [-0.1, -0.05) is 6.07 Å². The number of nitro benzene ring substituents is 1. The maximum absolute atomic E-state index is 12.2.